The standard InChI is InChI=1S/C10H11BrN2O3/c1-5(12)9(14)13-8-3-6(10(15)16)2-7(11)4-8/h2-5H,12H2,1H3,(H,13,14)(H,15,16)/t5-/m1/s1. The van der Waals surface area contributed by atoms with Gasteiger partial charge in [0, 0.05) is 10.2 Å². The molecular weight excluding hydrogens is 276 g/mol. The summed E-state index contributed by atoms with van der Waals surface area (Å²) in [6.45, 7) is 1.55. The molecule has 16 heavy (non-hydrogen) atoms. The van der Waals surface area contributed by atoms with Gasteiger partial charge in [-0.05, 0) is 25.1 Å². The lowest BCUT2D eigenvalue weighted by Crippen LogP contribution is -2.32. The van der Waals surface area contributed by atoms with Crippen molar-refractivity contribution < 1.29 is 14.7 Å². The maximum Gasteiger partial charge on any atom is 0.335 e. The number of amides is 1. The monoisotopic (exact) mass is 286 g/mol. The number of carboxylic acids is 1. The highest BCUT2D eigenvalue weighted by Crippen LogP contribution is 2.19. The summed E-state index contributed by atoms with van der Waals surface area (Å²) < 4.78 is 0.576. The predicted octanol–water partition coefficient (Wildman–Crippen LogP) is 1.43. The third kappa shape index (κ3) is 3.32. The van der Waals surface area contributed by atoms with Gasteiger partial charge in [0.2, 0.25) is 5.91 Å². The number of carbonyl (C=O) groups is 2. The van der Waals surface area contributed by atoms with Gasteiger partial charge in [0.15, 0.2) is 0 Å². The smallest absolute Gasteiger partial charge is 0.335 e. The molecule has 1 rings (SSSR count). The van der Waals surface area contributed by atoms with Gasteiger partial charge in [-0.3, -0.25) is 4.79 Å². The maximum absolute atomic E-state index is 11.3. The number of nitrogens with two attached hydrogens (primary N) is 1. The highest BCUT2D eigenvalue weighted by atomic mass is 79.9. The first-order valence-electron chi connectivity index (χ1n) is 4.50. The first-order chi connectivity index (χ1) is 7.40. The van der Waals surface area contributed by atoms with Crippen LogP contribution < -0.4 is 11.1 Å². The number of benzene rings is 1. The summed E-state index contributed by atoms with van der Waals surface area (Å²) in [6.07, 6.45) is 0. The number of nitrogens with one attached hydrogen (secondary N) is 1. The van der Waals surface area contributed by atoms with Crippen molar-refractivity contribution in [2.75, 3.05) is 5.32 Å². The molecule has 0 heterocycles. The van der Waals surface area contributed by atoms with Crippen LogP contribution in [-0.2, 0) is 4.79 Å². The topological polar surface area (TPSA) is 92.4 Å². The molecule has 86 valence electrons. The molecule has 6 heteroatoms. The van der Waals surface area contributed by atoms with E-state index < -0.39 is 12.0 Å². The highest BCUT2D eigenvalue weighted by Gasteiger charge is 2.10. The second-order valence-electron chi connectivity index (χ2n) is 3.31. The van der Waals surface area contributed by atoms with Crippen molar-refractivity contribution in [2.45, 2.75) is 13.0 Å². The highest BCUT2D eigenvalue weighted by molar-refractivity contribution is 9.10. The van der Waals surface area contributed by atoms with Crippen LogP contribution in [0.3, 0.4) is 0 Å². The fourth-order valence-corrected chi connectivity index (χ4v) is 1.53. The average molecular weight is 287 g/mol. The van der Waals surface area contributed by atoms with Crippen LogP contribution in [-0.4, -0.2) is 23.0 Å². The van der Waals surface area contributed by atoms with Crippen LogP contribution in [0.15, 0.2) is 22.7 Å². The molecule has 1 aromatic rings. The molecule has 0 spiro atoms. The van der Waals surface area contributed by atoms with Crippen LogP contribution in [0.4, 0.5) is 5.69 Å². The summed E-state index contributed by atoms with van der Waals surface area (Å²) >= 11 is 3.16. The Labute approximate surface area is 101 Å². The number of carboxylic acid groups (broad SMARTS) is 1. The Morgan fingerprint density at radius 2 is 2.06 bits per heavy atom. The van der Waals surface area contributed by atoms with Crippen LogP contribution in [0.25, 0.3) is 0 Å². The normalized spacial score (nSPS) is 11.9. The minimum Gasteiger partial charge on any atom is -0.478 e. The first-order valence-corrected chi connectivity index (χ1v) is 5.30. The van der Waals surface area contributed by atoms with Crippen molar-refractivity contribution in [1.29, 1.82) is 0 Å². The summed E-state index contributed by atoms with van der Waals surface area (Å²) in [5, 5.41) is 11.3. The minimum atomic E-state index is -1.06. The molecule has 0 aliphatic rings. The molecular formula is C10H11BrN2O3. The van der Waals surface area contributed by atoms with E-state index in [9.17, 15) is 9.59 Å². The Hall–Kier alpha value is -1.40. The summed E-state index contributed by atoms with van der Waals surface area (Å²) in [6, 6.07) is 3.77. The van der Waals surface area contributed by atoms with Crippen molar-refractivity contribution in [2.24, 2.45) is 5.73 Å². The molecule has 0 fully saturated rings. The Kier molecular flexibility index (Phi) is 4.03. The number of rotatable bonds is 3. The number of hydrogen-bond donors (Lipinski definition) is 3. The van der Waals surface area contributed by atoms with E-state index in [4.69, 9.17) is 10.8 Å². The van der Waals surface area contributed by atoms with Crippen molar-refractivity contribution in [3.05, 3.63) is 28.2 Å². The van der Waals surface area contributed by atoms with E-state index >= 15 is 0 Å². The largest absolute Gasteiger partial charge is 0.478 e. The second-order valence-corrected chi connectivity index (χ2v) is 4.23. The Morgan fingerprint density at radius 1 is 1.44 bits per heavy atom. The average Bonchev–Trinajstić information content (AvgIpc) is 2.16. The number of halogens is 1. The van der Waals surface area contributed by atoms with Crippen molar-refractivity contribution >= 4 is 33.5 Å². The fourth-order valence-electron chi connectivity index (χ4n) is 1.04. The summed E-state index contributed by atoms with van der Waals surface area (Å²) in [5.74, 6) is -1.42. The Bertz CT molecular complexity index is 432. The zero-order chi connectivity index (χ0) is 12.3. The van der Waals surface area contributed by atoms with E-state index in [0.717, 1.165) is 0 Å². The van der Waals surface area contributed by atoms with E-state index in [1.807, 2.05) is 0 Å². The van der Waals surface area contributed by atoms with Gasteiger partial charge in [0.25, 0.3) is 0 Å². The van der Waals surface area contributed by atoms with Gasteiger partial charge in [-0.2, -0.15) is 0 Å². The molecule has 0 bridgehead atoms. The molecule has 1 amide bonds. The van der Waals surface area contributed by atoms with Gasteiger partial charge in [0.05, 0.1) is 11.6 Å². The van der Waals surface area contributed by atoms with Gasteiger partial charge in [-0.15, -0.1) is 0 Å². The summed E-state index contributed by atoms with van der Waals surface area (Å²) in [4.78, 5) is 22.1. The van der Waals surface area contributed by atoms with Gasteiger partial charge >= 0.3 is 5.97 Å². The van der Waals surface area contributed by atoms with Gasteiger partial charge in [0.1, 0.15) is 0 Å². The molecule has 0 saturated carbocycles. The van der Waals surface area contributed by atoms with Crippen LogP contribution >= 0.6 is 15.9 Å². The quantitative estimate of drug-likeness (QED) is 0.784. The second kappa shape index (κ2) is 5.09. The van der Waals surface area contributed by atoms with E-state index in [0.29, 0.717) is 10.2 Å². The lowest BCUT2D eigenvalue weighted by Gasteiger charge is -2.08. The maximum atomic E-state index is 11.3. The molecule has 0 aromatic heterocycles. The zero-order valence-electron chi connectivity index (χ0n) is 8.53. The fraction of sp³-hybridized carbons (Fsp3) is 0.200. The molecule has 1 aromatic carbocycles. The van der Waals surface area contributed by atoms with Crippen LogP contribution in [0.5, 0.6) is 0 Å². The van der Waals surface area contributed by atoms with Crippen molar-refractivity contribution in [3.8, 4) is 0 Å². The lowest BCUT2D eigenvalue weighted by molar-refractivity contribution is -0.117. The van der Waals surface area contributed by atoms with Gasteiger partial charge in [-0.25, -0.2) is 4.79 Å². The van der Waals surface area contributed by atoms with Gasteiger partial charge < -0.3 is 16.2 Å². The van der Waals surface area contributed by atoms with Crippen molar-refractivity contribution in [1.82, 2.24) is 0 Å². The number of hydrogen-bond acceptors (Lipinski definition) is 3. The lowest BCUT2D eigenvalue weighted by atomic mass is 10.2. The third-order valence-corrected chi connectivity index (χ3v) is 2.28. The molecule has 0 saturated heterocycles. The van der Waals surface area contributed by atoms with E-state index in [1.54, 1.807) is 13.0 Å². The van der Waals surface area contributed by atoms with E-state index in [1.165, 1.54) is 12.1 Å². The van der Waals surface area contributed by atoms with Crippen LogP contribution in [0.2, 0.25) is 0 Å². The summed E-state index contributed by atoms with van der Waals surface area (Å²) in [7, 11) is 0. The minimum absolute atomic E-state index is 0.0920. The van der Waals surface area contributed by atoms with Crippen molar-refractivity contribution in [3.63, 3.8) is 0 Å². The third-order valence-electron chi connectivity index (χ3n) is 1.83. The number of aromatic carboxylic acids is 1. The molecule has 5 nitrogen and oxygen atoms in total. The van der Waals surface area contributed by atoms with Crippen LogP contribution in [0, 0.1) is 0 Å². The molecule has 0 aliphatic heterocycles. The SMILES string of the molecule is C[C@@H](N)C(=O)Nc1cc(Br)cc(C(=O)O)c1. The molecule has 0 aliphatic carbocycles. The van der Waals surface area contributed by atoms with Crippen LogP contribution in [0.1, 0.15) is 17.3 Å². The molecule has 0 radical (unpaired) electrons. The zero-order valence-corrected chi connectivity index (χ0v) is 10.1. The number of anilines is 1. The molecule has 0 unspecified atom stereocenters. The predicted molar refractivity (Wildman–Crippen MR) is 63.4 cm³/mol. The Balaban J connectivity index is 2.97. The molecule has 1 atom stereocenters. The Morgan fingerprint density at radius 3 is 2.56 bits per heavy atom. The van der Waals surface area contributed by atoms with E-state index in [-0.39, 0.29) is 11.5 Å². The first kappa shape index (κ1) is 12.7. The van der Waals surface area contributed by atoms with E-state index in [2.05, 4.69) is 21.2 Å². The number of carbonyl (C=O) groups excluding carboxylic acids is 1. The molecule has 4 N–H and O–H groups in total. The summed E-state index contributed by atoms with van der Waals surface area (Å²) in [5.41, 5.74) is 5.87. The van der Waals surface area contributed by atoms with Gasteiger partial charge in [-0.1, -0.05) is 15.9 Å².